The zero-order valence-electron chi connectivity index (χ0n) is 20.2. The molecule has 2 aromatic heterocycles. The van der Waals surface area contributed by atoms with Crippen LogP contribution in [0.4, 0.5) is 0 Å². The first-order valence-electron chi connectivity index (χ1n) is 12.3. The zero-order chi connectivity index (χ0) is 26.6. The van der Waals surface area contributed by atoms with Crippen molar-refractivity contribution in [2.24, 2.45) is 0 Å². The molecule has 8 aromatic rings. The maximum Gasteiger partial charge on any atom is 0.208 e. The van der Waals surface area contributed by atoms with E-state index in [0.717, 1.165) is 43.1 Å². The van der Waals surface area contributed by atoms with E-state index in [2.05, 4.69) is 0 Å². The van der Waals surface area contributed by atoms with Gasteiger partial charge in [-0.2, -0.15) is 0 Å². The van der Waals surface area contributed by atoms with Crippen LogP contribution >= 0.6 is 0 Å². The molecule has 0 radical (unpaired) electrons. The Hall–Kier alpha value is -5.56. The summed E-state index contributed by atoms with van der Waals surface area (Å²) in [5, 5.41) is 60.5. The molecule has 7 heteroatoms. The van der Waals surface area contributed by atoms with Crippen molar-refractivity contribution in [1.82, 2.24) is 4.57 Å². The third-order valence-electron chi connectivity index (χ3n) is 7.70. The number of phenols is 5. The highest BCUT2D eigenvalue weighted by Gasteiger charge is 2.30. The lowest BCUT2D eigenvalue weighted by atomic mass is 9.98. The van der Waals surface area contributed by atoms with Crippen LogP contribution < -0.4 is 0 Å². The molecule has 5 N–H and O–H groups in total. The van der Waals surface area contributed by atoms with E-state index in [0.29, 0.717) is 22.2 Å². The van der Waals surface area contributed by atoms with Crippen molar-refractivity contribution in [3.8, 4) is 34.4 Å². The molecule has 0 aliphatic heterocycles. The molecule has 39 heavy (non-hydrogen) atoms. The van der Waals surface area contributed by atoms with Crippen molar-refractivity contribution < 1.29 is 29.9 Å². The van der Waals surface area contributed by atoms with Gasteiger partial charge in [0.15, 0.2) is 17.1 Å². The van der Waals surface area contributed by atoms with Crippen molar-refractivity contribution >= 4 is 65.3 Å². The van der Waals surface area contributed by atoms with Gasteiger partial charge in [0.25, 0.3) is 0 Å². The van der Waals surface area contributed by atoms with Crippen LogP contribution in [0, 0.1) is 0 Å². The number of phenolic OH excluding ortho intramolecular Hbond substituents is 5. The van der Waals surface area contributed by atoms with Crippen molar-refractivity contribution in [1.29, 1.82) is 0 Å². The Balaban J connectivity index is 1.79. The van der Waals surface area contributed by atoms with E-state index in [1.54, 1.807) is 4.57 Å². The van der Waals surface area contributed by atoms with E-state index in [4.69, 9.17) is 4.42 Å². The van der Waals surface area contributed by atoms with Gasteiger partial charge in [-0.15, -0.1) is 0 Å². The van der Waals surface area contributed by atoms with Crippen LogP contribution in [0.25, 0.3) is 71.0 Å². The smallest absolute Gasteiger partial charge is 0.208 e. The Morgan fingerprint density at radius 2 is 1.03 bits per heavy atom. The summed E-state index contributed by atoms with van der Waals surface area (Å²) in [5.74, 6) is -4.48. The first-order chi connectivity index (χ1) is 19.0. The fraction of sp³-hybridized carbons (Fsp3) is 0. The van der Waals surface area contributed by atoms with E-state index in [1.165, 1.54) is 0 Å². The third-order valence-corrected chi connectivity index (χ3v) is 7.70. The molecule has 2 heterocycles. The van der Waals surface area contributed by atoms with E-state index in [9.17, 15) is 25.5 Å². The van der Waals surface area contributed by atoms with Gasteiger partial charge in [0, 0.05) is 26.9 Å². The van der Waals surface area contributed by atoms with Gasteiger partial charge in [0.05, 0.1) is 11.0 Å². The number of aromatic nitrogens is 1. The fourth-order valence-electron chi connectivity index (χ4n) is 6.04. The maximum absolute atomic E-state index is 11.1. The summed E-state index contributed by atoms with van der Waals surface area (Å²) in [6, 6.07) is 27.3. The number of para-hydroxylation sites is 1. The van der Waals surface area contributed by atoms with Crippen molar-refractivity contribution in [2.45, 2.75) is 0 Å². The second-order valence-corrected chi connectivity index (χ2v) is 9.68. The normalized spacial score (nSPS) is 12.1. The second kappa shape index (κ2) is 7.26. The molecule has 0 aliphatic carbocycles. The van der Waals surface area contributed by atoms with Gasteiger partial charge >= 0.3 is 0 Å². The lowest BCUT2D eigenvalue weighted by molar-refractivity contribution is 0.327. The molecule has 0 atom stereocenters. The predicted octanol–water partition coefficient (Wildman–Crippen LogP) is 7.52. The van der Waals surface area contributed by atoms with Gasteiger partial charge in [0.1, 0.15) is 11.3 Å². The third kappa shape index (κ3) is 2.56. The first kappa shape index (κ1) is 21.5. The predicted molar refractivity (Wildman–Crippen MR) is 151 cm³/mol. The van der Waals surface area contributed by atoms with E-state index in [1.807, 2.05) is 84.9 Å². The van der Waals surface area contributed by atoms with Crippen LogP contribution in [0.3, 0.4) is 0 Å². The topological polar surface area (TPSA) is 119 Å². The van der Waals surface area contributed by atoms with Gasteiger partial charge in [-0.1, -0.05) is 78.9 Å². The molecule has 0 unspecified atom stereocenters. The van der Waals surface area contributed by atoms with Gasteiger partial charge in [0.2, 0.25) is 17.2 Å². The molecular formula is C32H19NO6. The second-order valence-electron chi connectivity index (χ2n) is 9.68. The van der Waals surface area contributed by atoms with Crippen molar-refractivity contribution in [2.75, 3.05) is 0 Å². The fourth-order valence-corrected chi connectivity index (χ4v) is 6.04. The molecule has 0 spiro atoms. The minimum absolute atomic E-state index is 0.281. The molecule has 0 fully saturated rings. The number of benzene rings is 6. The maximum atomic E-state index is 11.1. The Kier molecular flexibility index (Phi) is 4.01. The van der Waals surface area contributed by atoms with Crippen LogP contribution in [0.1, 0.15) is 0 Å². The van der Waals surface area contributed by atoms with Gasteiger partial charge in [-0.05, 0) is 22.2 Å². The van der Waals surface area contributed by atoms with Crippen LogP contribution in [0.2, 0.25) is 0 Å². The summed E-state index contributed by atoms with van der Waals surface area (Å²) in [6.07, 6.45) is 0. The van der Waals surface area contributed by atoms with Gasteiger partial charge < -0.3 is 29.9 Å². The first-order valence-corrected chi connectivity index (χ1v) is 12.3. The summed E-state index contributed by atoms with van der Waals surface area (Å²) in [7, 11) is 0. The quantitative estimate of drug-likeness (QED) is 0.114. The summed E-state index contributed by atoms with van der Waals surface area (Å²) < 4.78 is 8.09. The summed E-state index contributed by atoms with van der Waals surface area (Å²) in [6.45, 7) is 0. The lowest BCUT2D eigenvalue weighted by Crippen LogP contribution is -1.97. The molecule has 0 saturated heterocycles. The summed E-state index contributed by atoms with van der Waals surface area (Å²) in [4.78, 5) is 0. The number of fused-ring (bicyclic) bond motifs is 12. The summed E-state index contributed by atoms with van der Waals surface area (Å²) >= 11 is 0. The molecule has 0 saturated carbocycles. The summed E-state index contributed by atoms with van der Waals surface area (Å²) in [5.41, 5.74) is 2.04. The molecular weight excluding hydrogens is 494 g/mol. The minimum Gasteiger partial charge on any atom is -0.503 e. The van der Waals surface area contributed by atoms with Gasteiger partial charge in [-0.3, -0.25) is 4.57 Å². The monoisotopic (exact) mass is 513 g/mol. The number of furan rings is 1. The standard InChI is InChI=1S/C32H19NO6/c34-27-26(28(35)30(37)31(38)29(27)36)33-24-16-8-2-1-7-15(16)13-14-20(24)22-17-9-3-4-10-18(17)23-19-11-5-6-12-21(19)39-32(23)25(22)33/h1-14,34-38H. The van der Waals surface area contributed by atoms with Crippen LogP contribution in [-0.2, 0) is 0 Å². The number of rotatable bonds is 1. The van der Waals surface area contributed by atoms with Crippen LogP contribution in [0.5, 0.6) is 28.7 Å². The molecule has 0 amide bonds. The van der Waals surface area contributed by atoms with Crippen LogP contribution in [-0.4, -0.2) is 30.1 Å². The molecule has 188 valence electrons. The van der Waals surface area contributed by atoms with E-state index >= 15 is 0 Å². The molecule has 0 aliphatic rings. The molecule has 8 rings (SSSR count). The molecule has 6 aromatic carbocycles. The Morgan fingerprint density at radius 1 is 0.462 bits per heavy atom. The zero-order valence-corrected chi connectivity index (χ0v) is 20.2. The SMILES string of the molecule is Oc1c(O)c(O)c(-n2c3c4ccccc4ccc3c3c4ccccc4c4c5ccccc5oc4c32)c(O)c1O. The number of hydrogen-bond donors (Lipinski definition) is 5. The minimum atomic E-state index is -1.02. The highest BCUT2D eigenvalue weighted by Crippen LogP contribution is 2.55. The number of nitrogens with zero attached hydrogens (tertiary/aromatic N) is 1. The van der Waals surface area contributed by atoms with Crippen molar-refractivity contribution in [3.05, 3.63) is 84.9 Å². The molecule has 7 nitrogen and oxygen atoms in total. The Morgan fingerprint density at radius 3 is 1.74 bits per heavy atom. The average molecular weight is 514 g/mol. The number of aromatic hydroxyl groups is 5. The number of hydrogen-bond acceptors (Lipinski definition) is 6. The largest absolute Gasteiger partial charge is 0.503 e. The molecule has 0 bridgehead atoms. The van der Waals surface area contributed by atoms with E-state index in [-0.39, 0.29) is 5.69 Å². The highest BCUT2D eigenvalue weighted by atomic mass is 16.4. The highest BCUT2D eigenvalue weighted by molar-refractivity contribution is 6.36. The van der Waals surface area contributed by atoms with Crippen LogP contribution in [0.15, 0.2) is 89.3 Å². The average Bonchev–Trinajstić information content (AvgIpc) is 3.52. The van der Waals surface area contributed by atoms with E-state index < -0.39 is 28.7 Å². The Labute approximate surface area is 219 Å². The Bertz CT molecular complexity index is 2310. The van der Waals surface area contributed by atoms with Crippen molar-refractivity contribution in [3.63, 3.8) is 0 Å². The van der Waals surface area contributed by atoms with Gasteiger partial charge in [-0.25, -0.2) is 0 Å². The lowest BCUT2D eigenvalue weighted by Gasteiger charge is -2.16.